The SMILES string of the molecule is O=C(O)c1ccc(-c2nn(C(=O)c3c(Cl)cccc3[N+](=O)[O-])c3c2CCCC3)cc1. The number of carboxylic acid groups (broad SMARTS) is 1. The molecule has 0 radical (unpaired) electrons. The predicted molar refractivity (Wildman–Crippen MR) is 109 cm³/mol. The molecule has 0 bridgehead atoms. The summed E-state index contributed by atoms with van der Waals surface area (Å²) in [4.78, 5) is 35.2. The zero-order valence-electron chi connectivity index (χ0n) is 15.7. The van der Waals surface area contributed by atoms with Crippen LogP contribution in [0.2, 0.25) is 5.02 Å². The van der Waals surface area contributed by atoms with Crippen LogP contribution < -0.4 is 0 Å². The van der Waals surface area contributed by atoms with Crippen LogP contribution in [0.15, 0.2) is 42.5 Å². The number of nitrogens with zero attached hydrogens (tertiary/aromatic N) is 3. The number of rotatable bonds is 4. The van der Waals surface area contributed by atoms with Crippen LogP contribution in [0.4, 0.5) is 5.69 Å². The molecule has 0 amide bonds. The summed E-state index contributed by atoms with van der Waals surface area (Å²) in [6.07, 6.45) is 3.12. The van der Waals surface area contributed by atoms with E-state index in [1.807, 2.05) is 0 Å². The van der Waals surface area contributed by atoms with Crippen molar-refractivity contribution in [2.75, 3.05) is 0 Å². The summed E-state index contributed by atoms with van der Waals surface area (Å²) in [5.41, 5.74) is 2.43. The lowest BCUT2D eigenvalue weighted by atomic mass is 9.93. The molecule has 1 aromatic heterocycles. The lowest BCUT2D eigenvalue weighted by molar-refractivity contribution is -0.385. The van der Waals surface area contributed by atoms with Crippen molar-refractivity contribution in [1.29, 1.82) is 0 Å². The van der Waals surface area contributed by atoms with Crippen LogP contribution in [0.3, 0.4) is 0 Å². The highest BCUT2D eigenvalue weighted by atomic mass is 35.5. The van der Waals surface area contributed by atoms with Crippen molar-refractivity contribution in [3.05, 3.63) is 80.0 Å². The number of carbonyl (C=O) groups is 2. The van der Waals surface area contributed by atoms with E-state index in [1.54, 1.807) is 12.1 Å². The summed E-state index contributed by atoms with van der Waals surface area (Å²) in [5.74, 6) is -1.69. The third kappa shape index (κ3) is 3.35. The van der Waals surface area contributed by atoms with Crippen LogP contribution in [0.25, 0.3) is 11.3 Å². The van der Waals surface area contributed by atoms with Crippen molar-refractivity contribution in [2.24, 2.45) is 0 Å². The number of nitro groups is 1. The summed E-state index contributed by atoms with van der Waals surface area (Å²) in [6.45, 7) is 0. The number of carbonyl (C=O) groups excluding carboxylic acids is 1. The van der Waals surface area contributed by atoms with Gasteiger partial charge in [0.2, 0.25) is 0 Å². The standard InChI is InChI=1S/C21H16ClN3O5/c22-15-5-3-7-17(25(29)30)18(15)20(26)24-16-6-2-1-4-14(16)19(23-24)12-8-10-13(11-9-12)21(27)28/h3,5,7-11H,1-2,4,6H2,(H,27,28). The van der Waals surface area contributed by atoms with Gasteiger partial charge in [0.15, 0.2) is 0 Å². The normalized spacial score (nSPS) is 13.0. The van der Waals surface area contributed by atoms with E-state index < -0.39 is 16.8 Å². The largest absolute Gasteiger partial charge is 0.478 e. The maximum absolute atomic E-state index is 13.3. The Morgan fingerprint density at radius 3 is 2.47 bits per heavy atom. The molecule has 3 aromatic rings. The fraction of sp³-hybridized carbons (Fsp3) is 0.190. The number of aromatic carboxylic acids is 1. The van der Waals surface area contributed by atoms with Crippen molar-refractivity contribution in [2.45, 2.75) is 25.7 Å². The number of aromatic nitrogens is 2. The van der Waals surface area contributed by atoms with Gasteiger partial charge >= 0.3 is 5.97 Å². The van der Waals surface area contributed by atoms with Gasteiger partial charge in [0.25, 0.3) is 11.6 Å². The molecule has 1 N–H and O–H groups in total. The minimum Gasteiger partial charge on any atom is -0.478 e. The van der Waals surface area contributed by atoms with Crippen molar-refractivity contribution in [3.63, 3.8) is 0 Å². The van der Waals surface area contributed by atoms with Crippen molar-refractivity contribution < 1.29 is 19.6 Å². The maximum atomic E-state index is 13.3. The Hall–Kier alpha value is -3.52. The number of fused-ring (bicyclic) bond motifs is 1. The molecule has 4 rings (SSSR count). The first-order valence-corrected chi connectivity index (χ1v) is 9.68. The Bertz CT molecular complexity index is 1180. The molecular weight excluding hydrogens is 410 g/mol. The number of nitro benzene ring substituents is 1. The van der Waals surface area contributed by atoms with E-state index in [4.69, 9.17) is 16.7 Å². The number of carboxylic acids is 1. The molecule has 0 atom stereocenters. The van der Waals surface area contributed by atoms with Crippen LogP contribution in [-0.2, 0) is 12.8 Å². The van der Waals surface area contributed by atoms with E-state index in [0.717, 1.165) is 18.4 Å². The smallest absolute Gasteiger partial charge is 0.335 e. The van der Waals surface area contributed by atoms with E-state index >= 15 is 0 Å². The third-order valence-electron chi connectivity index (χ3n) is 5.18. The average molecular weight is 426 g/mol. The van der Waals surface area contributed by atoms with Gasteiger partial charge in [0, 0.05) is 17.2 Å². The molecule has 0 aliphatic heterocycles. The molecule has 0 spiro atoms. The van der Waals surface area contributed by atoms with Crippen molar-refractivity contribution in [3.8, 4) is 11.3 Å². The first-order chi connectivity index (χ1) is 14.4. The van der Waals surface area contributed by atoms with E-state index in [9.17, 15) is 19.7 Å². The molecule has 1 aliphatic carbocycles. The van der Waals surface area contributed by atoms with Gasteiger partial charge in [-0.3, -0.25) is 14.9 Å². The Labute approximate surface area is 175 Å². The van der Waals surface area contributed by atoms with E-state index in [2.05, 4.69) is 5.10 Å². The van der Waals surface area contributed by atoms with E-state index in [0.29, 0.717) is 29.8 Å². The molecule has 1 heterocycles. The molecular formula is C21H16ClN3O5. The first-order valence-electron chi connectivity index (χ1n) is 9.30. The zero-order chi connectivity index (χ0) is 21.4. The fourth-order valence-electron chi connectivity index (χ4n) is 3.75. The van der Waals surface area contributed by atoms with E-state index in [-0.39, 0.29) is 21.8 Å². The van der Waals surface area contributed by atoms with Crippen LogP contribution in [-0.4, -0.2) is 31.7 Å². The number of hydrogen-bond acceptors (Lipinski definition) is 5. The Kier molecular flexibility index (Phi) is 5.09. The molecule has 8 nitrogen and oxygen atoms in total. The Balaban J connectivity index is 1.86. The summed E-state index contributed by atoms with van der Waals surface area (Å²) >= 11 is 6.15. The molecule has 152 valence electrons. The highest BCUT2D eigenvalue weighted by molar-refractivity contribution is 6.34. The van der Waals surface area contributed by atoms with Crippen molar-refractivity contribution in [1.82, 2.24) is 9.78 Å². The molecule has 9 heteroatoms. The number of halogens is 1. The van der Waals surface area contributed by atoms with Gasteiger partial charge in [0.05, 0.1) is 26.9 Å². The minimum absolute atomic E-state index is 0.0124. The first kappa shape index (κ1) is 19.8. The van der Waals surface area contributed by atoms with Crippen molar-refractivity contribution >= 4 is 29.2 Å². The zero-order valence-corrected chi connectivity index (χ0v) is 16.4. The summed E-state index contributed by atoms with van der Waals surface area (Å²) in [7, 11) is 0. The summed E-state index contributed by atoms with van der Waals surface area (Å²) < 4.78 is 1.21. The second-order valence-electron chi connectivity index (χ2n) is 6.97. The Morgan fingerprint density at radius 2 is 1.80 bits per heavy atom. The summed E-state index contributed by atoms with van der Waals surface area (Å²) in [6, 6.07) is 10.3. The molecule has 0 saturated heterocycles. The lowest BCUT2D eigenvalue weighted by Crippen LogP contribution is -2.20. The average Bonchev–Trinajstić information content (AvgIpc) is 3.13. The lowest BCUT2D eigenvalue weighted by Gasteiger charge is -2.14. The second-order valence-corrected chi connectivity index (χ2v) is 7.38. The van der Waals surface area contributed by atoms with Gasteiger partial charge in [-0.05, 0) is 43.9 Å². The second kappa shape index (κ2) is 7.72. The van der Waals surface area contributed by atoms with Crippen LogP contribution in [0, 0.1) is 10.1 Å². The maximum Gasteiger partial charge on any atom is 0.335 e. The number of hydrogen-bond donors (Lipinski definition) is 1. The summed E-state index contributed by atoms with van der Waals surface area (Å²) in [5, 5.41) is 25.0. The van der Waals surface area contributed by atoms with Gasteiger partial charge in [-0.1, -0.05) is 29.8 Å². The van der Waals surface area contributed by atoms with Gasteiger partial charge < -0.3 is 5.11 Å². The quantitative estimate of drug-likeness (QED) is 0.490. The molecule has 0 saturated carbocycles. The molecule has 0 fully saturated rings. The molecule has 2 aromatic carbocycles. The van der Waals surface area contributed by atoms with Gasteiger partial charge in [-0.2, -0.15) is 9.78 Å². The van der Waals surface area contributed by atoms with Crippen LogP contribution in [0.5, 0.6) is 0 Å². The predicted octanol–water partition coefficient (Wildman–Crippen LogP) is 4.38. The number of benzene rings is 2. The minimum atomic E-state index is -1.03. The van der Waals surface area contributed by atoms with E-state index in [1.165, 1.54) is 35.0 Å². The third-order valence-corrected chi connectivity index (χ3v) is 5.50. The highest BCUT2D eigenvalue weighted by Crippen LogP contribution is 2.34. The highest BCUT2D eigenvalue weighted by Gasteiger charge is 2.30. The van der Waals surface area contributed by atoms with Crippen LogP contribution in [0.1, 0.15) is 44.8 Å². The molecule has 1 aliphatic rings. The molecule has 30 heavy (non-hydrogen) atoms. The topological polar surface area (TPSA) is 115 Å². The van der Waals surface area contributed by atoms with Gasteiger partial charge in [-0.25, -0.2) is 4.79 Å². The van der Waals surface area contributed by atoms with Gasteiger partial charge in [0.1, 0.15) is 5.56 Å². The van der Waals surface area contributed by atoms with Gasteiger partial charge in [-0.15, -0.1) is 0 Å². The van der Waals surface area contributed by atoms with Crippen LogP contribution >= 0.6 is 11.6 Å². The fourth-order valence-corrected chi connectivity index (χ4v) is 4.00. The monoisotopic (exact) mass is 425 g/mol. The molecule has 0 unspecified atom stereocenters. The Morgan fingerprint density at radius 1 is 1.10 bits per heavy atom.